The van der Waals surface area contributed by atoms with Crippen LogP contribution in [-0.2, 0) is 11.3 Å². The number of fused-ring (bicyclic) bond motifs is 1. The highest BCUT2D eigenvalue weighted by molar-refractivity contribution is 5.82. The number of hydrogen-bond acceptors (Lipinski definition) is 3. The maximum atomic E-state index is 12.8. The van der Waals surface area contributed by atoms with Crippen molar-refractivity contribution < 1.29 is 14.3 Å². The molecule has 0 bridgehead atoms. The zero-order chi connectivity index (χ0) is 17.4. The summed E-state index contributed by atoms with van der Waals surface area (Å²) in [4.78, 5) is 12.8. The number of carbonyl (C=O) groups excluding carboxylic acids is 1. The third kappa shape index (κ3) is 4.89. The third-order valence-corrected chi connectivity index (χ3v) is 4.85. The molecule has 4 nitrogen and oxygen atoms in total. The predicted octanol–water partition coefficient (Wildman–Crippen LogP) is 4.81. The maximum absolute atomic E-state index is 12.8. The minimum atomic E-state index is -0.262. The lowest BCUT2D eigenvalue weighted by atomic mass is 9.79. The first-order valence-electron chi connectivity index (χ1n) is 9.26. The first kappa shape index (κ1) is 18.6. The van der Waals surface area contributed by atoms with Gasteiger partial charge in [0.2, 0.25) is 12.7 Å². The Kier molecular flexibility index (Phi) is 6.95. The molecule has 1 atom stereocenters. The number of unbranched alkanes of at least 4 members (excludes halogenated alkanes) is 3. The van der Waals surface area contributed by atoms with Crippen molar-refractivity contribution in [3.05, 3.63) is 23.8 Å². The molecule has 1 amide bonds. The van der Waals surface area contributed by atoms with Gasteiger partial charge in [0.15, 0.2) is 11.5 Å². The van der Waals surface area contributed by atoms with E-state index in [0.29, 0.717) is 6.54 Å². The summed E-state index contributed by atoms with van der Waals surface area (Å²) in [6, 6.07) is 5.83. The van der Waals surface area contributed by atoms with Crippen molar-refractivity contribution in [1.29, 1.82) is 0 Å². The lowest BCUT2D eigenvalue weighted by Gasteiger charge is -2.28. The molecule has 0 radical (unpaired) electrons. The number of hydrogen-bond donors (Lipinski definition) is 1. The molecular formula is C20H31NO3. The number of benzene rings is 1. The second kappa shape index (κ2) is 8.95. The molecule has 1 N–H and O–H groups in total. The van der Waals surface area contributed by atoms with Crippen LogP contribution in [0.2, 0.25) is 0 Å². The van der Waals surface area contributed by atoms with Crippen molar-refractivity contribution in [2.75, 3.05) is 6.79 Å². The van der Waals surface area contributed by atoms with E-state index in [1.54, 1.807) is 0 Å². The zero-order valence-electron chi connectivity index (χ0n) is 15.3. The van der Waals surface area contributed by atoms with Gasteiger partial charge in [-0.15, -0.1) is 0 Å². The molecule has 0 fully saturated rings. The second-order valence-corrected chi connectivity index (χ2v) is 6.99. The van der Waals surface area contributed by atoms with Crippen molar-refractivity contribution in [2.24, 2.45) is 5.41 Å². The van der Waals surface area contributed by atoms with E-state index < -0.39 is 0 Å². The Morgan fingerprint density at radius 2 is 1.79 bits per heavy atom. The highest BCUT2D eigenvalue weighted by Gasteiger charge is 2.31. The molecule has 4 heteroatoms. The molecule has 134 valence electrons. The smallest absolute Gasteiger partial charge is 0.231 e. The Hall–Kier alpha value is -1.71. The van der Waals surface area contributed by atoms with Crippen LogP contribution in [0.4, 0.5) is 0 Å². The van der Waals surface area contributed by atoms with E-state index >= 15 is 0 Å². The fraction of sp³-hybridized carbons (Fsp3) is 0.650. The van der Waals surface area contributed by atoms with E-state index in [1.165, 1.54) is 12.8 Å². The van der Waals surface area contributed by atoms with Gasteiger partial charge in [-0.1, -0.05) is 58.9 Å². The fourth-order valence-electron chi connectivity index (χ4n) is 3.13. The molecule has 0 aromatic heterocycles. The molecule has 1 unspecified atom stereocenters. The highest BCUT2D eigenvalue weighted by atomic mass is 16.7. The molecule has 1 aliphatic heterocycles. The van der Waals surface area contributed by atoms with Crippen molar-refractivity contribution >= 4 is 5.91 Å². The van der Waals surface area contributed by atoms with E-state index in [9.17, 15) is 4.79 Å². The van der Waals surface area contributed by atoms with Gasteiger partial charge >= 0.3 is 0 Å². The van der Waals surface area contributed by atoms with Gasteiger partial charge in [-0.05, 0) is 30.5 Å². The first-order chi connectivity index (χ1) is 11.6. The van der Waals surface area contributed by atoms with Gasteiger partial charge in [0.1, 0.15) is 0 Å². The fourth-order valence-corrected chi connectivity index (χ4v) is 3.13. The van der Waals surface area contributed by atoms with Gasteiger partial charge in [0.05, 0.1) is 0 Å². The minimum Gasteiger partial charge on any atom is -0.454 e. The van der Waals surface area contributed by atoms with Gasteiger partial charge < -0.3 is 14.8 Å². The molecule has 0 saturated carbocycles. The van der Waals surface area contributed by atoms with Crippen LogP contribution < -0.4 is 14.8 Å². The highest BCUT2D eigenvalue weighted by Crippen LogP contribution is 2.33. The predicted molar refractivity (Wildman–Crippen MR) is 96.2 cm³/mol. The molecule has 0 saturated heterocycles. The molecule has 1 heterocycles. The topological polar surface area (TPSA) is 47.6 Å². The summed E-state index contributed by atoms with van der Waals surface area (Å²) in [7, 11) is 0. The van der Waals surface area contributed by atoms with Crippen LogP contribution in [0.3, 0.4) is 0 Å². The van der Waals surface area contributed by atoms with Gasteiger partial charge in [-0.2, -0.15) is 0 Å². The lowest BCUT2D eigenvalue weighted by molar-refractivity contribution is -0.131. The molecular weight excluding hydrogens is 302 g/mol. The average molecular weight is 333 g/mol. The summed E-state index contributed by atoms with van der Waals surface area (Å²) in [6.45, 7) is 7.30. The summed E-state index contributed by atoms with van der Waals surface area (Å²) in [5.74, 6) is 1.71. The summed E-state index contributed by atoms with van der Waals surface area (Å²) in [5, 5.41) is 3.13. The van der Waals surface area contributed by atoms with Gasteiger partial charge in [-0.3, -0.25) is 4.79 Å². The van der Waals surface area contributed by atoms with Crippen LogP contribution in [-0.4, -0.2) is 12.7 Å². The summed E-state index contributed by atoms with van der Waals surface area (Å²) in [5.41, 5.74) is 0.778. The number of amides is 1. The Morgan fingerprint density at radius 3 is 2.54 bits per heavy atom. The van der Waals surface area contributed by atoms with Gasteiger partial charge in [0.25, 0.3) is 0 Å². The monoisotopic (exact) mass is 333 g/mol. The van der Waals surface area contributed by atoms with Crippen molar-refractivity contribution in [3.63, 3.8) is 0 Å². The zero-order valence-corrected chi connectivity index (χ0v) is 15.3. The minimum absolute atomic E-state index is 0.171. The third-order valence-electron chi connectivity index (χ3n) is 4.85. The van der Waals surface area contributed by atoms with Crippen LogP contribution >= 0.6 is 0 Å². The van der Waals surface area contributed by atoms with Crippen molar-refractivity contribution in [3.8, 4) is 11.5 Å². The van der Waals surface area contributed by atoms with E-state index in [-0.39, 0.29) is 18.1 Å². The van der Waals surface area contributed by atoms with E-state index in [0.717, 1.165) is 49.2 Å². The van der Waals surface area contributed by atoms with Crippen molar-refractivity contribution in [2.45, 2.75) is 72.3 Å². The Labute approximate surface area is 145 Å². The van der Waals surface area contributed by atoms with Gasteiger partial charge in [-0.25, -0.2) is 0 Å². The normalized spacial score (nSPS) is 15.1. The second-order valence-electron chi connectivity index (χ2n) is 6.99. The molecule has 2 rings (SSSR count). The van der Waals surface area contributed by atoms with E-state index in [4.69, 9.17) is 9.47 Å². The summed E-state index contributed by atoms with van der Waals surface area (Å²) < 4.78 is 10.7. The van der Waals surface area contributed by atoms with Crippen molar-refractivity contribution in [1.82, 2.24) is 5.32 Å². The quantitative estimate of drug-likeness (QED) is 0.625. The summed E-state index contributed by atoms with van der Waals surface area (Å²) in [6.07, 6.45) is 7.64. The largest absolute Gasteiger partial charge is 0.454 e. The number of nitrogens with one attached hydrogen (secondary N) is 1. The molecule has 1 aliphatic rings. The Balaban J connectivity index is 1.93. The molecule has 1 aromatic rings. The van der Waals surface area contributed by atoms with E-state index in [1.807, 2.05) is 18.2 Å². The molecule has 0 aliphatic carbocycles. The SMILES string of the molecule is CCCCCC(C)(CCCC)C(=O)NCc1ccc2c(c1)OCO2. The van der Waals surface area contributed by atoms with Crippen LogP contribution in [0, 0.1) is 5.41 Å². The standard InChI is InChI=1S/C20H31NO3/c1-4-6-8-12-20(3,11-7-5-2)19(22)21-14-16-9-10-17-18(13-16)24-15-23-17/h9-10,13H,4-8,11-12,14-15H2,1-3H3,(H,21,22). The Morgan fingerprint density at radius 1 is 1.08 bits per heavy atom. The molecule has 1 aromatic carbocycles. The number of rotatable bonds is 10. The average Bonchev–Trinajstić information content (AvgIpc) is 3.05. The van der Waals surface area contributed by atoms with Crippen LogP contribution in [0.1, 0.15) is 71.3 Å². The lowest BCUT2D eigenvalue weighted by Crippen LogP contribution is -2.38. The van der Waals surface area contributed by atoms with Gasteiger partial charge in [0, 0.05) is 12.0 Å². The maximum Gasteiger partial charge on any atom is 0.231 e. The number of carbonyl (C=O) groups is 1. The molecule has 0 spiro atoms. The van der Waals surface area contributed by atoms with Crippen LogP contribution in [0.25, 0.3) is 0 Å². The van der Waals surface area contributed by atoms with E-state index in [2.05, 4.69) is 26.1 Å². The summed E-state index contributed by atoms with van der Waals surface area (Å²) >= 11 is 0. The number of ether oxygens (including phenoxy) is 2. The molecule has 24 heavy (non-hydrogen) atoms. The Bertz CT molecular complexity index is 544. The van der Waals surface area contributed by atoms with Crippen LogP contribution in [0.15, 0.2) is 18.2 Å². The van der Waals surface area contributed by atoms with Crippen LogP contribution in [0.5, 0.6) is 11.5 Å². The first-order valence-corrected chi connectivity index (χ1v) is 9.26.